The molecule has 3 aromatic rings. The molecule has 0 aliphatic carbocycles. The number of primary amides is 1. The number of benzene rings is 3. The van der Waals surface area contributed by atoms with Crippen LogP contribution in [0.4, 0.5) is 26.7 Å². The first kappa shape index (κ1) is 59.7. The minimum absolute atomic E-state index is 0.0416. The number of aliphatic imine (C=N–C) groups is 1. The van der Waals surface area contributed by atoms with E-state index in [1.807, 2.05) is 0 Å². The van der Waals surface area contributed by atoms with Gasteiger partial charge in [-0.15, -0.1) is 4.99 Å². The number of likely N-dealkylation sites (tertiary alicyclic amines) is 2. The first-order valence-corrected chi connectivity index (χ1v) is 26.1. The minimum Gasteiger partial charge on any atom is -0.456 e. The molecule has 2 fully saturated rings. The van der Waals surface area contributed by atoms with Gasteiger partial charge in [0.25, 0.3) is 30.5 Å². The molecule has 3 aromatic carbocycles. The van der Waals surface area contributed by atoms with Crippen LogP contribution >= 0.6 is 19.5 Å². The molecule has 1 unspecified atom stereocenters. The number of nitrogens with two attached hydrogens (primary N) is 1. The van der Waals surface area contributed by atoms with Crippen molar-refractivity contribution in [3.63, 3.8) is 0 Å². The highest BCUT2D eigenvalue weighted by Crippen LogP contribution is 2.58. The van der Waals surface area contributed by atoms with Crippen LogP contribution in [0, 0.1) is 36.3 Å². The van der Waals surface area contributed by atoms with E-state index in [4.69, 9.17) is 38.3 Å². The van der Waals surface area contributed by atoms with Gasteiger partial charge in [-0.25, -0.2) is 14.4 Å². The summed E-state index contributed by atoms with van der Waals surface area (Å²) in [7, 11) is -4.23. The van der Waals surface area contributed by atoms with Crippen molar-refractivity contribution in [1.29, 1.82) is 0 Å². The maximum atomic E-state index is 14.8. The highest BCUT2D eigenvalue weighted by Gasteiger charge is 2.57. The Morgan fingerprint density at radius 3 is 1.61 bits per heavy atom. The van der Waals surface area contributed by atoms with E-state index in [0.717, 1.165) is 4.90 Å². The van der Waals surface area contributed by atoms with Crippen LogP contribution < -0.4 is 5.73 Å². The van der Waals surface area contributed by atoms with Crippen molar-refractivity contribution in [2.75, 3.05) is 13.2 Å². The van der Waals surface area contributed by atoms with Gasteiger partial charge in [-0.05, 0) is 101 Å². The van der Waals surface area contributed by atoms with Gasteiger partial charge in [0.2, 0.25) is 22.3 Å². The van der Waals surface area contributed by atoms with Gasteiger partial charge >= 0.3 is 18.2 Å². The van der Waals surface area contributed by atoms with Crippen LogP contribution in [0.2, 0.25) is 0 Å². The van der Waals surface area contributed by atoms with Crippen molar-refractivity contribution < 1.29 is 79.9 Å². The summed E-state index contributed by atoms with van der Waals surface area (Å²) in [4.78, 5) is 120. The van der Waals surface area contributed by atoms with E-state index in [-0.39, 0.29) is 55.5 Å². The molecule has 2 saturated heterocycles. The van der Waals surface area contributed by atoms with Crippen LogP contribution in [0.15, 0.2) is 77.8 Å². The molecule has 410 valence electrons. The average molecular weight is 1100 g/mol. The molecule has 0 spiro atoms. The van der Waals surface area contributed by atoms with Crippen molar-refractivity contribution in [1.82, 2.24) is 4.90 Å². The summed E-state index contributed by atoms with van der Waals surface area (Å²) in [6.07, 6.45) is -4.69. The van der Waals surface area contributed by atoms with Crippen molar-refractivity contribution in [2.24, 2.45) is 16.6 Å². The summed E-state index contributed by atoms with van der Waals surface area (Å²) in [5.41, 5.74) is 5.96. The predicted octanol–water partition coefficient (Wildman–Crippen LogP) is 7.98. The van der Waals surface area contributed by atoms with Crippen LogP contribution in [0.1, 0.15) is 90.8 Å². The van der Waals surface area contributed by atoms with E-state index in [9.17, 15) is 59.1 Å². The fourth-order valence-corrected chi connectivity index (χ4v) is 12.5. The van der Waals surface area contributed by atoms with Crippen molar-refractivity contribution in [2.45, 2.75) is 124 Å². The molecule has 0 aromatic heterocycles. The lowest BCUT2D eigenvalue weighted by Crippen LogP contribution is -2.66. The van der Waals surface area contributed by atoms with Crippen LogP contribution in [-0.4, -0.2) is 114 Å². The highest BCUT2D eigenvalue weighted by atomic mass is 32.2. The Balaban J connectivity index is 1.53. The van der Waals surface area contributed by atoms with Gasteiger partial charge in [0.05, 0.1) is 58.2 Å². The summed E-state index contributed by atoms with van der Waals surface area (Å²) in [5, 5.41) is 32.9. The normalized spacial score (nSPS) is 18.5. The van der Waals surface area contributed by atoms with Crippen molar-refractivity contribution in [3.8, 4) is 0 Å². The molecule has 2 aliphatic heterocycles. The second-order valence-electron chi connectivity index (χ2n) is 18.1. The first-order chi connectivity index (χ1) is 35.9. The van der Waals surface area contributed by atoms with E-state index in [1.54, 1.807) is 41.5 Å². The quantitative estimate of drug-likeness (QED) is 0.00898. The Hall–Kier alpha value is -7.16. The number of carbonyl (C=O) groups excluding carboxylic acids is 6. The van der Waals surface area contributed by atoms with Gasteiger partial charge in [0, 0.05) is 62.6 Å². The van der Waals surface area contributed by atoms with E-state index < -0.39 is 123 Å². The number of nitro groups is 3. The zero-order chi connectivity index (χ0) is 56.1. The zero-order valence-corrected chi connectivity index (χ0v) is 44.3. The standard InChI is InChI=1S/C48H58N7O19PS/c1-29(2)72-75(73-30(3)4,74-31(5)6)45(46(59)69-26-33-10-16-36(17-11-33)52(62)63)51-40(39(44(51)58)22-24-68-48(61)71-28-35-14-20-38(21-15-35)54(66)67)25-42(56)76-55(23-8-9-41(55)43(49)57)32(7)50-47(60)70-27-34-12-18-37(19-13-34)53(64)65/h10-21,29-31,39-41H,8-9,22-28H2,1-7H3,(H-,49,57)/p+1/t39-,40+,41-,55?/m0/s1. The Labute approximate surface area is 440 Å². The summed E-state index contributed by atoms with van der Waals surface area (Å²) in [6, 6.07) is 13.3. The average Bonchev–Trinajstić information content (AvgIpc) is 3.79. The number of esters is 1. The molecule has 4 atom stereocenters. The topological polar surface area (TPSA) is 338 Å². The number of nitro benzene ring substituents is 3. The van der Waals surface area contributed by atoms with Gasteiger partial charge in [-0.3, -0.25) is 49.6 Å². The minimum atomic E-state index is -4.23. The second kappa shape index (κ2) is 26.6. The number of amides is 3. The number of nitrogens with zero attached hydrogens (tertiary/aromatic N) is 6. The van der Waals surface area contributed by atoms with Gasteiger partial charge < -0.3 is 38.3 Å². The third-order valence-electron chi connectivity index (χ3n) is 11.5. The summed E-state index contributed by atoms with van der Waals surface area (Å²) < 4.78 is 40.4. The number of non-ortho nitro benzene ring substituents is 3. The Morgan fingerprint density at radius 1 is 0.724 bits per heavy atom. The Bertz CT molecular complexity index is 2720. The molecule has 2 aliphatic rings. The molecule has 0 saturated carbocycles. The maximum absolute atomic E-state index is 14.8. The van der Waals surface area contributed by atoms with Gasteiger partial charge in [-0.1, -0.05) is 0 Å². The zero-order valence-electron chi connectivity index (χ0n) is 42.6. The largest absolute Gasteiger partial charge is 0.508 e. The van der Waals surface area contributed by atoms with Crippen LogP contribution in [0.3, 0.4) is 0 Å². The molecule has 26 nitrogen and oxygen atoms in total. The predicted molar refractivity (Wildman–Crippen MR) is 272 cm³/mol. The Morgan fingerprint density at radius 2 is 1.17 bits per heavy atom. The van der Waals surface area contributed by atoms with Crippen molar-refractivity contribution in [3.05, 3.63) is 120 Å². The van der Waals surface area contributed by atoms with E-state index in [2.05, 4.69) is 4.99 Å². The summed E-state index contributed by atoms with van der Waals surface area (Å²) in [6.45, 7) is 9.78. The lowest BCUT2D eigenvalue weighted by atomic mass is 9.83. The molecule has 3 amide bonds. The second-order valence-corrected chi connectivity index (χ2v) is 21.5. The third-order valence-corrected chi connectivity index (χ3v) is 15.9. The van der Waals surface area contributed by atoms with E-state index >= 15 is 0 Å². The third kappa shape index (κ3) is 15.5. The molecule has 0 radical (unpaired) electrons. The van der Waals surface area contributed by atoms with Crippen LogP contribution in [0.5, 0.6) is 0 Å². The highest BCUT2D eigenvalue weighted by molar-refractivity contribution is 8.09. The smallest absolute Gasteiger partial charge is 0.456 e. The molecule has 5 rings (SSSR count). The number of amidine groups is 1. The van der Waals surface area contributed by atoms with Crippen molar-refractivity contribution >= 4 is 83.0 Å². The monoisotopic (exact) mass is 1100 g/mol. The fourth-order valence-electron chi connectivity index (χ4n) is 8.20. The first-order valence-electron chi connectivity index (χ1n) is 23.8. The number of rotatable bonds is 23. The summed E-state index contributed by atoms with van der Waals surface area (Å²) >= 11 is 0.605. The molecule has 2 heterocycles. The number of ether oxygens (including phenoxy) is 4. The molecule has 2 N–H and O–H groups in total. The number of quaternary nitrogens is 1. The SMILES string of the molecule is CC(=NC(=O)OCc1ccc([N+](=O)[O-])cc1)[N+]1(SC(=O)C[C@@H]2[C@H](CCOC(=O)OCc3ccc([N+](=O)[O-])cc3)C(=O)N2C(C(=O)OCc2ccc([N+](=O)[O-])cc2)=P(OC(C)C)(OC(C)C)OC(C)C)CCC[C@H]1C(N)=O. The molecule has 0 bridgehead atoms. The van der Waals surface area contributed by atoms with Crippen LogP contribution in [-0.2, 0) is 71.5 Å². The van der Waals surface area contributed by atoms with Crippen LogP contribution in [0.25, 0.3) is 0 Å². The molecule has 76 heavy (non-hydrogen) atoms. The maximum Gasteiger partial charge on any atom is 0.508 e. The van der Waals surface area contributed by atoms with E-state index in [0.29, 0.717) is 35.1 Å². The Kier molecular flexibility index (Phi) is 20.9. The number of hydrogen-bond acceptors (Lipinski definition) is 20. The number of hydrogen-bond donors (Lipinski definition) is 1. The lowest BCUT2D eigenvalue weighted by molar-refractivity contribution is -0.701. The number of β-lactam (4-membered cyclic amide) rings is 1. The molecule has 28 heteroatoms. The van der Waals surface area contributed by atoms with Gasteiger partial charge in [0.1, 0.15) is 19.8 Å². The summed E-state index contributed by atoms with van der Waals surface area (Å²) in [5.74, 6) is -3.96. The molecular weight excluding hydrogens is 1040 g/mol. The van der Waals surface area contributed by atoms with Gasteiger partial charge in [-0.2, -0.15) is 3.89 Å². The van der Waals surface area contributed by atoms with Gasteiger partial charge in [0.15, 0.2) is 18.0 Å². The number of carbonyl (C=O) groups is 6. The van der Waals surface area contributed by atoms with E-state index in [1.165, 1.54) is 79.7 Å². The lowest BCUT2D eigenvalue weighted by Gasteiger charge is -2.49. The molecular formula is C48H59N7O19PS+. The fraction of sp³-hybridized carbons (Fsp3) is 0.458.